The van der Waals surface area contributed by atoms with Crippen LogP contribution in [0.1, 0.15) is 13.8 Å². The van der Waals surface area contributed by atoms with Gasteiger partial charge in [-0.25, -0.2) is 0 Å². The first-order valence-corrected chi connectivity index (χ1v) is 4.72. The molecule has 1 aliphatic rings. The van der Waals surface area contributed by atoms with Crippen molar-refractivity contribution in [3.63, 3.8) is 0 Å². The lowest BCUT2D eigenvalue weighted by Crippen LogP contribution is -2.50. The van der Waals surface area contributed by atoms with E-state index < -0.39 is 0 Å². The largest absolute Gasteiger partial charge is 0.339 e. The third-order valence-electron chi connectivity index (χ3n) is 2.38. The van der Waals surface area contributed by atoms with Gasteiger partial charge in [-0.15, -0.1) is 0 Å². The van der Waals surface area contributed by atoms with E-state index in [1.165, 1.54) is 0 Å². The number of piperazine rings is 1. The van der Waals surface area contributed by atoms with Crippen LogP contribution in [0.5, 0.6) is 0 Å². The van der Waals surface area contributed by atoms with E-state index in [9.17, 15) is 9.59 Å². The fourth-order valence-electron chi connectivity index (χ4n) is 1.49. The van der Waals surface area contributed by atoms with Crippen LogP contribution in [0.3, 0.4) is 0 Å². The van der Waals surface area contributed by atoms with Crippen LogP contribution in [0.4, 0.5) is 0 Å². The van der Waals surface area contributed by atoms with E-state index in [1.807, 2.05) is 0 Å². The summed E-state index contributed by atoms with van der Waals surface area (Å²) in [5.74, 6) is 0.0700. The topological polar surface area (TPSA) is 40.6 Å². The van der Waals surface area contributed by atoms with Crippen LogP contribution in [0.2, 0.25) is 0 Å². The first kappa shape index (κ1) is 10.8. The second-order valence-corrected chi connectivity index (χ2v) is 3.58. The molecule has 2 amide bonds. The van der Waals surface area contributed by atoms with E-state index >= 15 is 0 Å². The number of amides is 2. The molecule has 0 aromatic heterocycles. The molecule has 0 bridgehead atoms. The molecule has 1 saturated heterocycles. The smallest absolute Gasteiger partial charge is 0.249 e. The normalized spacial score (nSPS) is 16.7. The molecule has 1 fully saturated rings. The molecule has 0 atom stereocenters. The van der Waals surface area contributed by atoms with Crippen molar-refractivity contribution in [2.45, 2.75) is 13.8 Å². The van der Waals surface area contributed by atoms with E-state index in [0.29, 0.717) is 31.8 Å². The van der Waals surface area contributed by atoms with Gasteiger partial charge in [-0.1, -0.05) is 6.58 Å². The zero-order valence-corrected chi connectivity index (χ0v) is 8.75. The van der Waals surface area contributed by atoms with E-state index in [-0.39, 0.29) is 11.8 Å². The summed E-state index contributed by atoms with van der Waals surface area (Å²) in [5.41, 5.74) is 0.557. The summed E-state index contributed by atoms with van der Waals surface area (Å²) in [4.78, 5) is 26.0. The first-order valence-electron chi connectivity index (χ1n) is 4.72. The van der Waals surface area contributed by atoms with Gasteiger partial charge in [-0.3, -0.25) is 9.59 Å². The van der Waals surface area contributed by atoms with Crippen molar-refractivity contribution in [3.05, 3.63) is 12.2 Å². The van der Waals surface area contributed by atoms with Crippen LogP contribution < -0.4 is 0 Å². The minimum atomic E-state index is -0.00629. The highest BCUT2D eigenvalue weighted by Gasteiger charge is 2.22. The van der Waals surface area contributed by atoms with Gasteiger partial charge in [-0.2, -0.15) is 0 Å². The maximum absolute atomic E-state index is 11.5. The zero-order valence-electron chi connectivity index (χ0n) is 8.75. The lowest BCUT2D eigenvalue weighted by molar-refractivity contribution is -0.136. The minimum Gasteiger partial charge on any atom is -0.339 e. The molecule has 0 aliphatic carbocycles. The summed E-state index contributed by atoms with van der Waals surface area (Å²) in [7, 11) is 0. The Kier molecular flexibility index (Phi) is 3.28. The van der Waals surface area contributed by atoms with Crippen molar-refractivity contribution in [2.24, 2.45) is 0 Å². The fraction of sp³-hybridized carbons (Fsp3) is 0.600. The molecule has 1 rings (SSSR count). The van der Waals surface area contributed by atoms with Crippen LogP contribution in [-0.2, 0) is 9.59 Å². The van der Waals surface area contributed by atoms with E-state index in [0.717, 1.165) is 0 Å². The van der Waals surface area contributed by atoms with Crippen molar-refractivity contribution in [2.75, 3.05) is 26.2 Å². The Hall–Kier alpha value is -1.32. The average molecular weight is 196 g/mol. The molecular weight excluding hydrogens is 180 g/mol. The molecule has 0 unspecified atom stereocenters. The summed E-state index contributed by atoms with van der Waals surface area (Å²) in [6, 6.07) is 0. The average Bonchev–Trinajstić information content (AvgIpc) is 2.16. The van der Waals surface area contributed by atoms with E-state index in [4.69, 9.17) is 0 Å². The van der Waals surface area contributed by atoms with Crippen molar-refractivity contribution < 1.29 is 9.59 Å². The lowest BCUT2D eigenvalue weighted by atomic mass is 10.2. The predicted octanol–water partition coefficient (Wildman–Crippen LogP) is 0.253. The molecule has 78 valence electrons. The highest BCUT2D eigenvalue weighted by molar-refractivity contribution is 5.92. The Morgan fingerprint density at radius 2 is 1.43 bits per heavy atom. The van der Waals surface area contributed by atoms with Crippen molar-refractivity contribution in [3.8, 4) is 0 Å². The van der Waals surface area contributed by atoms with Gasteiger partial charge >= 0.3 is 0 Å². The Morgan fingerprint density at radius 3 is 1.79 bits per heavy atom. The highest BCUT2D eigenvalue weighted by Crippen LogP contribution is 2.05. The standard InChI is InChI=1S/C10H16N2O2/c1-8(2)10(14)12-6-4-11(5-7-12)9(3)13/h1,4-7H2,2-3H3. The van der Waals surface area contributed by atoms with Gasteiger partial charge in [-0.05, 0) is 6.92 Å². The molecular formula is C10H16N2O2. The van der Waals surface area contributed by atoms with Gasteiger partial charge in [0, 0.05) is 38.7 Å². The third kappa shape index (κ3) is 2.34. The monoisotopic (exact) mass is 196 g/mol. The Morgan fingerprint density at radius 1 is 1.00 bits per heavy atom. The maximum atomic E-state index is 11.5. The Labute approximate surface area is 84.2 Å². The molecule has 14 heavy (non-hydrogen) atoms. The van der Waals surface area contributed by atoms with Crippen LogP contribution in [0.15, 0.2) is 12.2 Å². The minimum absolute atomic E-state index is 0.00629. The number of nitrogens with zero attached hydrogens (tertiary/aromatic N) is 2. The van der Waals surface area contributed by atoms with Gasteiger partial charge in [0.25, 0.3) is 0 Å². The van der Waals surface area contributed by atoms with Gasteiger partial charge < -0.3 is 9.80 Å². The summed E-state index contributed by atoms with van der Waals surface area (Å²) >= 11 is 0. The summed E-state index contributed by atoms with van der Waals surface area (Å²) in [6.45, 7) is 9.37. The van der Waals surface area contributed by atoms with Gasteiger partial charge in [0.15, 0.2) is 0 Å². The quantitative estimate of drug-likeness (QED) is 0.564. The first-order chi connectivity index (χ1) is 6.52. The van der Waals surface area contributed by atoms with Crippen LogP contribution in [0, 0.1) is 0 Å². The number of carbonyl (C=O) groups is 2. The SMILES string of the molecule is C=C(C)C(=O)N1CCN(C(C)=O)CC1. The second-order valence-electron chi connectivity index (χ2n) is 3.58. The van der Waals surface area contributed by atoms with Gasteiger partial charge in [0.1, 0.15) is 0 Å². The second kappa shape index (κ2) is 4.26. The van der Waals surface area contributed by atoms with Crippen LogP contribution >= 0.6 is 0 Å². The summed E-state index contributed by atoms with van der Waals surface area (Å²) in [5, 5.41) is 0. The van der Waals surface area contributed by atoms with Gasteiger partial charge in [0.05, 0.1) is 0 Å². The van der Waals surface area contributed by atoms with Crippen molar-refractivity contribution in [1.29, 1.82) is 0 Å². The molecule has 0 N–H and O–H groups in total. The van der Waals surface area contributed by atoms with Crippen LogP contribution in [0.25, 0.3) is 0 Å². The number of rotatable bonds is 1. The van der Waals surface area contributed by atoms with Crippen LogP contribution in [-0.4, -0.2) is 47.8 Å². The zero-order chi connectivity index (χ0) is 10.7. The molecule has 4 nitrogen and oxygen atoms in total. The fourth-order valence-corrected chi connectivity index (χ4v) is 1.49. The van der Waals surface area contributed by atoms with Crippen molar-refractivity contribution in [1.82, 2.24) is 9.80 Å². The number of hydrogen-bond donors (Lipinski definition) is 0. The predicted molar refractivity (Wildman–Crippen MR) is 53.6 cm³/mol. The number of carbonyl (C=O) groups excluding carboxylic acids is 2. The van der Waals surface area contributed by atoms with Crippen molar-refractivity contribution >= 4 is 11.8 Å². The molecule has 4 heteroatoms. The lowest BCUT2D eigenvalue weighted by Gasteiger charge is -2.34. The molecule has 0 saturated carbocycles. The van der Waals surface area contributed by atoms with Gasteiger partial charge in [0.2, 0.25) is 11.8 Å². The van der Waals surface area contributed by atoms with E-state index in [1.54, 1.807) is 23.6 Å². The molecule has 1 aliphatic heterocycles. The Balaban J connectivity index is 2.47. The summed E-state index contributed by atoms with van der Waals surface area (Å²) < 4.78 is 0. The maximum Gasteiger partial charge on any atom is 0.249 e. The third-order valence-corrected chi connectivity index (χ3v) is 2.38. The molecule has 0 aromatic carbocycles. The molecule has 0 spiro atoms. The summed E-state index contributed by atoms with van der Waals surface area (Å²) in [6.07, 6.45) is 0. The van der Waals surface area contributed by atoms with E-state index in [2.05, 4.69) is 6.58 Å². The molecule has 0 radical (unpaired) electrons. The molecule has 0 aromatic rings. The Bertz CT molecular complexity index is 265. The highest BCUT2D eigenvalue weighted by atomic mass is 16.2. The number of hydrogen-bond acceptors (Lipinski definition) is 2. The molecule has 1 heterocycles.